The van der Waals surface area contributed by atoms with E-state index >= 15 is 0 Å². The first-order chi connectivity index (χ1) is 19.7. The molecule has 0 aliphatic heterocycles. The van der Waals surface area contributed by atoms with Gasteiger partial charge in [-0.15, -0.1) is 0 Å². The molecular formula is C33H61N3O5. The lowest BCUT2D eigenvalue weighted by Crippen LogP contribution is -2.53. The molecule has 1 aliphatic rings. The van der Waals surface area contributed by atoms with Gasteiger partial charge in [0.05, 0.1) is 6.61 Å². The van der Waals surface area contributed by atoms with Crippen molar-refractivity contribution in [2.75, 3.05) is 13.2 Å². The first kappa shape index (κ1) is 37.1. The van der Waals surface area contributed by atoms with E-state index in [1.54, 1.807) is 13.8 Å². The van der Waals surface area contributed by atoms with E-state index in [4.69, 9.17) is 0 Å². The van der Waals surface area contributed by atoms with Gasteiger partial charge in [-0.2, -0.15) is 0 Å². The SMILES string of the molecule is CCCCCCCCC=CCCCCCCCC(=O)N[C@H]1CCCC[C@@H]1NC(=O)CCNC(=O)[C@H](O)C(C)(C)CO. The van der Waals surface area contributed by atoms with Crippen molar-refractivity contribution < 1.29 is 24.6 Å². The molecule has 3 amide bonds. The molecule has 0 unspecified atom stereocenters. The molecule has 41 heavy (non-hydrogen) atoms. The molecule has 0 saturated heterocycles. The Morgan fingerprint density at radius 2 is 1.27 bits per heavy atom. The van der Waals surface area contributed by atoms with Crippen molar-refractivity contribution in [3.63, 3.8) is 0 Å². The molecular weight excluding hydrogens is 518 g/mol. The number of unbranched alkanes of at least 4 members (excludes halogenated alkanes) is 11. The largest absolute Gasteiger partial charge is 0.396 e. The summed E-state index contributed by atoms with van der Waals surface area (Å²) in [7, 11) is 0. The summed E-state index contributed by atoms with van der Waals surface area (Å²) < 4.78 is 0. The monoisotopic (exact) mass is 579 g/mol. The summed E-state index contributed by atoms with van der Waals surface area (Å²) >= 11 is 0. The van der Waals surface area contributed by atoms with Crippen molar-refractivity contribution in [3.05, 3.63) is 12.2 Å². The number of carbonyl (C=O) groups excluding carboxylic acids is 3. The Balaban J connectivity index is 2.15. The molecule has 0 heterocycles. The third kappa shape index (κ3) is 17.6. The van der Waals surface area contributed by atoms with Gasteiger partial charge in [0.2, 0.25) is 17.7 Å². The molecule has 1 rings (SSSR count). The van der Waals surface area contributed by atoms with Gasteiger partial charge in [0, 0.05) is 36.9 Å². The van der Waals surface area contributed by atoms with Crippen LogP contribution < -0.4 is 16.0 Å². The number of aliphatic hydroxyl groups is 2. The van der Waals surface area contributed by atoms with Crippen molar-refractivity contribution in [1.29, 1.82) is 0 Å². The topological polar surface area (TPSA) is 128 Å². The summed E-state index contributed by atoms with van der Waals surface area (Å²) in [5.41, 5.74) is -0.954. The fourth-order valence-electron chi connectivity index (χ4n) is 5.23. The zero-order valence-electron chi connectivity index (χ0n) is 26.4. The lowest BCUT2D eigenvalue weighted by Gasteiger charge is -2.33. The number of hydrogen-bond acceptors (Lipinski definition) is 5. The van der Waals surface area contributed by atoms with Crippen molar-refractivity contribution in [2.45, 2.75) is 161 Å². The van der Waals surface area contributed by atoms with Crippen LogP contribution in [0.5, 0.6) is 0 Å². The van der Waals surface area contributed by atoms with E-state index in [1.807, 2.05) is 0 Å². The van der Waals surface area contributed by atoms with Crippen LogP contribution in [-0.4, -0.2) is 59.3 Å². The highest BCUT2D eigenvalue weighted by Crippen LogP contribution is 2.20. The number of nitrogens with one attached hydrogen (secondary N) is 3. The van der Waals surface area contributed by atoms with Crippen molar-refractivity contribution in [1.82, 2.24) is 16.0 Å². The first-order valence-corrected chi connectivity index (χ1v) is 16.5. The van der Waals surface area contributed by atoms with E-state index < -0.39 is 17.4 Å². The standard InChI is InChI=1S/C33H61N3O5/c1-4-5-6-7-8-9-10-11-12-13-14-15-16-17-18-23-29(38)35-27-21-19-20-22-28(27)36-30(39)24-25-34-32(41)31(40)33(2,3)26-37/h11-12,27-28,31,37,40H,4-10,13-26H2,1-3H3,(H,34,41)(H,35,38)(H,36,39)/t27-,28-,31-/m0/s1. The molecule has 5 N–H and O–H groups in total. The summed E-state index contributed by atoms with van der Waals surface area (Å²) in [6.45, 7) is 5.22. The fraction of sp³-hybridized carbons (Fsp3) is 0.848. The van der Waals surface area contributed by atoms with Crippen LogP contribution in [0.4, 0.5) is 0 Å². The van der Waals surface area contributed by atoms with E-state index in [0.717, 1.165) is 51.4 Å². The predicted molar refractivity (Wildman–Crippen MR) is 166 cm³/mol. The average Bonchev–Trinajstić information content (AvgIpc) is 2.95. The maximum Gasteiger partial charge on any atom is 0.249 e. The average molecular weight is 580 g/mol. The number of allylic oxidation sites excluding steroid dienone is 2. The Morgan fingerprint density at radius 1 is 0.780 bits per heavy atom. The molecule has 0 spiro atoms. The zero-order valence-corrected chi connectivity index (χ0v) is 26.4. The van der Waals surface area contributed by atoms with E-state index in [9.17, 15) is 24.6 Å². The number of aliphatic hydroxyl groups excluding tert-OH is 2. The fourth-order valence-corrected chi connectivity index (χ4v) is 5.23. The highest BCUT2D eigenvalue weighted by Gasteiger charge is 2.33. The third-order valence-corrected chi connectivity index (χ3v) is 8.17. The highest BCUT2D eigenvalue weighted by atomic mass is 16.3. The van der Waals surface area contributed by atoms with E-state index in [2.05, 4.69) is 35.0 Å². The molecule has 0 aromatic carbocycles. The second-order valence-corrected chi connectivity index (χ2v) is 12.6. The maximum absolute atomic E-state index is 12.6. The summed E-state index contributed by atoms with van der Waals surface area (Å²) in [6, 6.07) is -0.172. The minimum Gasteiger partial charge on any atom is -0.396 e. The van der Waals surface area contributed by atoms with Gasteiger partial charge in [0.25, 0.3) is 0 Å². The van der Waals surface area contributed by atoms with E-state index in [0.29, 0.717) is 6.42 Å². The van der Waals surface area contributed by atoms with Crippen LogP contribution in [0.15, 0.2) is 12.2 Å². The smallest absolute Gasteiger partial charge is 0.249 e. The number of amides is 3. The Hall–Kier alpha value is -1.93. The molecule has 0 bridgehead atoms. The molecule has 0 aromatic rings. The first-order valence-electron chi connectivity index (χ1n) is 16.5. The zero-order chi connectivity index (χ0) is 30.3. The Bertz CT molecular complexity index is 755. The molecule has 8 nitrogen and oxygen atoms in total. The van der Waals surface area contributed by atoms with Crippen molar-refractivity contribution in [2.24, 2.45) is 5.41 Å². The molecule has 1 aliphatic carbocycles. The normalized spacial score (nSPS) is 18.3. The summed E-state index contributed by atoms with van der Waals surface area (Å²) in [5.74, 6) is -0.735. The quantitative estimate of drug-likeness (QED) is 0.0812. The van der Waals surface area contributed by atoms with Gasteiger partial charge < -0.3 is 26.2 Å². The Labute approximate surface area is 249 Å². The van der Waals surface area contributed by atoms with Crippen LogP contribution >= 0.6 is 0 Å². The van der Waals surface area contributed by atoms with E-state index in [-0.39, 0.29) is 43.5 Å². The van der Waals surface area contributed by atoms with Crippen LogP contribution in [0.1, 0.15) is 143 Å². The minimum absolute atomic E-state index is 0.0570. The van der Waals surface area contributed by atoms with Crippen molar-refractivity contribution >= 4 is 17.7 Å². The van der Waals surface area contributed by atoms with E-state index in [1.165, 1.54) is 57.8 Å². The molecule has 238 valence electrons. The lowest BCUT2D eigenvalue weighted by atomic mass is 9.87. The van der Waals surface area contributed by atoms with Gasteiger partial charge in [-0.25, -0.2) is 0 Å². The van der Waals surface area contributed by atoms with Crippen LogP contribution in [0.25, 0.3) is 0 Å². The van der Waals surface area contributed by atoms with Crippen LogP contribution in [0.2, 0.25) is 0 Å². The molecule has 0 radical (unpaired) electrons. The van der Waals surface area contributed by atoms with Gasteiger partial charge in [-0.3, -0.25) is 14.4 Å². The molecule has 0 aromatic heterocycles. The Kier molecular flexibility index (Phi) is 20.5. The molecule has 1 saturated carbocycles. The van der Waals surface area contributed by atoms with Gasteiger partial charge in [0.1, 0.15) is 6.10 Å². The second-order valence-electron chi connectivity index (χ2n) is 12.6. The maximum atomic E-state index is 12.6. The molecule has 8 heteroatoms. The van der Waals surface area contributed by atoms with Gasteiger partial charge >= 0.3 is 0 Å². The van der Waals surface area contributed by atoms with Crippen LogP contribution in [0, 0.1) is 5.41 Å². The summed E-state index contributed by atoms with van der Waals surface area (Å²) in [6.07, 6.45) is 23.6. The van der Waals surface area contributed by atoms with Crippen molar-refractivity contribution in [3.8, 4) is 0 Å². The molecule has 1 fully saturated rings. The summed E-state index contributed by atoms with van der Waals surface area (Å²) in [4.78, 5) is 37.2. The molecule has 3 atom stereocenters. The predicted octanol–water partition coefficient (Wildman–Crippen LogP) is 5.45. The summed E-state index contributed by atoms with van der Waals surface area (Å²) in [5, 5.41) is 28.1. The van der Waals surface area contributed by atoms with Gasteiger partial charge in [0.15, 0.2) is 0 Å². The number of rotatable bonds is 23. The van der Waals surface area contributed by atoms with Crippen LogP contribution in [-0.2, 0) is 14.4 Å². The number of hydrogen-bond donors (Lipinski definition) is 5. The number of carbonyl (C=O) groups is 3. The highest BCUT2D eigenvalue weighted by molar-refractivity contribution is 5.82. The second kappa shape index (κ2) is 22.6. The van der Waals surface area contributed by atoms with Gasteiger partial charge in [-0.05, 0) is 44.9 Å². The van der Waals surface area contributed by atoms with Crippen LogP contribution in [0.3, 0.4) is 0 Å². The third-order valence-electron chi connectivity index (χ3n) is 8.17. The Morgan fingerprint density at radius 3 is 1.80 bits per heavy atom. The minimum atomic E-state index is -1.35. The lowest BCUT2D eigenvalue weighted by molar-refractivity contribution is -0.137. The van der Waals surface area contributed by atoms with Gasteiger partial charge in [-0.1, -0.05) is 97.1 Å².